The van der Waals surface area contributed by atoms with E-state index in [9.17, 15) is 19.5 Å². The van der Waals surface area contributed by atoms with Crippen LogP contribution in [-0.2, 0) is 16.1 Å². The molecule has 0 bridgehead atoms. The Balaban J connectivity index is 0.000000182. The Labute approximate surface area is 342 Å². The van der Waals surface area contributed by atoms with E-state index in [2.05, 4.69) is 59.2 Å². The molecule has 3 saturated heterocycles. The van der Waals surface area contributed by atoms with Crippen molar-refractivity contribution < 1.29 is 27.1 Å². The zero-order chi connectivity index (χ0) is 39.8. The molecule has 2 saturated carbocycles. The molecule has 14 nitrogen and oxygen atoms in total. The van der Waals surface area contributed by atoms with Gasteiger partial charge in [-0.1, -0.05) is 19.3 Å². The number of aliphatic hydroxyl groups excluding tert-OH is 1. The number of hydrogen-bond acceptors (Lipinski definition) is 11. The topological polar surface area (TPSA) is 160 Å². The second-order valence-corrected chi connectivity index (χ2v) is 17.3. The van der Waals surface area contributed by atoms with Crippen LogP contribution in [0.2, 0.25) is 0 Å². The smallest absolute Gasteiger partial charge is 0.255 e. The van der Waals surface area contributed by atoms with Crippen molar-refractivity contribution in [1.82, 2.24) is 35.3 Å². The fraction of sp³-hybridized carbons (Fsp3) is 0.545. The van der Waals surface area contributed by atoms with Gasteiger partial charge in [0.2, 0.25) is 11.8 Å². The van der Waals surface area contributed by atoms with E-state index < -0.39 is 6.04 Å². The number of piperazine rings is 1. The monoisotopic (exact) mass is 793 g/mol. The third kappa shape index (κ3) is 8.40. The summed E-state index contributed by atoms with van der Waals surface area (Å²) in [7, 11) is 0. The summed E-state index contributed by atoms with van der Waals surface area (Å²) < 4.78 is 6.18. The number of amides is 3. The van der Waals surface area contributed by atoms with Crippen LogP contribution in [0.25, 0.3) is 22.3 Å². The Hall–Kier alpha value is -5.08. The summed E-state index contributed by atoms with van der Waals surface area (Å²) >= 11 is 0. The highest BCUT2D eigenvalue weighted by Gasteiger charge is 2.41. The summed E-state index contributed by atoms with van der Waals surface area (Å²) in [4.78, 5) is 54.0. The van der Waals surface area contributed by atoms with Gasteiger partial charge in [-0.05, 0) is 99.7 Å². The van der Waals surface area contributed by atoms with Crippen molar-refractivity contribution >= 4 is 40.1 Å². The molecular weight excluding hydrogens is 735 g/mol. The zero-order valence-electron chi connectivity index (χ0n) is 33.5. The number of anilines is 2. The van der Waals surface area contributed by atoms with Crippen LogP contribution >= 0.6 is 0 Å². The molecule has 6 aliphatic rings. The average Bonchev–Trinajstić information content (AvgIpc) is 3.66. The molecule has 5 fully saturated rings. The Kier molecular flexibility index (Phi) is 10.8. The third-order valence-corrected chi connectivity index (χ3v) is 13.0. The fourth-order valence-electron chi connectivity index (χ4n) is 9.24. The molecule has 0 radical (unpaired) electrons. The Bertz CT molecular complexity index is 2160. The number of piperidine rings is 2. The van der Waals surface area contributed by atoms with E-state index in [0.717, 1.165) is 116 Å². The number of carbonyl (C=O) groups excluding carboxylic acids is 3. The lowest BCUT2D eigenvalue weighted by molar-refractivity contribution is -0.136. The SMILES string of the molecule is CC1(Oc2ccc3[nH]nc(-c4cc(N5CCN(CC6CCCCC6)CC5)ncn4)c3c2)CC1.O=C1CCC(N2Cc3cc(N4CCC(O)CC4)ccc3C2=O)C(=O)N1.[HH].[HH]. The number of fused-ring (bicyclic) bond motifs is 2. The van der Waals surface area contributed by atoms with E-state index in [-0.39, 0.29) is 38.7 Å². The molecule has 58 heavy (non-hydrogen) atoms. The van der Waals surface area contributed by atoms with Crippen LogP contribution < -0.4 is 19.9 Å². The first kappa shape index (κ1) is 38.4. The van der Waals surface area contributed by atoms with Crippen molar-refractivity contribution in [2.45, 2.75) is 102 Å². The summed E-state index contributed by atoms with van der Waals surface area (Å²) in [6.07, 6.45) is 12.9. The standard InChI is InChI=1S/C26H34N6O.C18H21N3O4.2H2/c1-26(9-10-26)33-20-7-8-22-21(15-20)25(30-29-22)23-16-24(28-18-27-23)32-13-11-31(12-14-32)17-19-5-3-2-4-6-19;22-13-5-7-20(8-6-13)12-1-2-14-11(9-12)10-21(18(14)25)15-3-4-16(23)19-17(15)24;;/h7-8,15-16,18-19H,2-6,9-14,17H2,1H3,(H,29,30);1-2,9,13,15,22H,3-8,10H2,(H,19,23,24);2*1H. The van der Waals surface area contributed by atoms with Crippen molar-refractivity contribution in [1.29, 1.82) is 0 Å². The predicted molar refractivity (Wildman–Crippen MR) is 225 cm³/mol. The van der Waals surface area contributed by atoms with E-state index in [1.807, 2.05) is 30.3 Å². The maximum atomic E-state index is 12.7. The summed E-state index contributed by atoms with van der Waals surface area (Å²) in [5.74, 6) is 1.98. The molecule has 1 unspecified atom stereocenters. The quantitative estimate of drug-likeness (QED) is 0.192. The molecule has 10 rings (SSSR count). The number of hydrogen-bond donors (Lipinski definition) is 3. The van der Waals surface area contributed by atoms with E-state index >= 15 is 0 Å². The van der Waals surface area contributed by atoms with Gasteiger partial charge in [0.05, 0.1) is 17.3 Å². The average molecular weight is 794 g/mol. The summed E-state index contributed by atoms with van der Waals surface area (Å²) in [6.45, 7) is 9.67. The minimum atomic E-state index is -0.578. The Morgan fingerprint density at radius 3 is 2.43 bits per heavy atom. The molecule has 1 atom stereocenters. The minimum Gasteiger partial charge on any atom is -0.488 e. The van der Waals surface area contributed by atoms with E-state index in [0.29, 0.717) is 18.5 Å². The molecule has 2 aromatic carbocycles. The van der Waals surface area contributed by atoms with Gasteiger partial charge in [0.15, 0.2) is 0 Å². The highest BCUT2D eigenvalue weighted by atomic mass is 16.5. The number of nitrogens with one attached hydrogen (secondary N) is 2. The first-order chi connectivity index (χ1) is 28.2. The van der Waals surface area contributed by atoms with Crippen LogP contribution in [-0.4, -0.2) is 116 Å². The van der Waals surface area contributed by atoms with Gasteiger partial charge in [0.25, 0.3) is 5.91 Å². The number of rotatable bonds is 8. The van der Waals surface area contributed by atoms with Gasteiger partial charge < -0.3 is 24.5 Å². The van der Waals surface area contributed by atoms with Gasteiger partial charge >= 0.3 is 0 Å². The zero-order valence-corrected chi connectivity index (χ0v) is 33.5. The van der Waals surface area contributed by atoms with E-state index in [1.54, 1.807) is 11.2 Å². The fourth-order valence-corrected chi connectivity index (χ4v) is 9.24. The number of nitrogens with zero attached hydrogens (tertiary/aromatic N) is 7. The maximum absolute atomic E-state index is 12.7. The normalized spacial score (nSPS) is 22.8. The number of H-pyrrole nitrogens is 1. The second kappa shape index (κ2) is 16.3. The van der Waals surface area contributed by atoms with Crippen LogP contribution in [0.5, 0.6) is 5.75 Å². The van der Waals surface area contributed by atoms with Gasteiger partial charge in [-0.3, -0.25) is 29.7 Å². The first-order valence-corrected chi connectivity index (χ1v) is 21.4. The van der Waals surface area contributed by atoms with Gasteiger partial charge in [0, 0.05) is 84.3 Å². The second-order valence-electron chi connectivity index (χ2n) is 17.3. The Morgan fingerprint density at radius 2 is 1.67 bits per heavy atom. The van der Waals surface area contributed by atoms with Crippen LogP contribution in [0.3, 0.4) is 0 Å². The lowest BCUT2D eigenvalue weighted by atomic mass is 9.89. The van der Waals surface area contributed by atoms with Crippen LogP contribution in [0.15, 0.2) is 48.8 Å². The van der Waals surface area contributed by atoms with Crippen molar-refractivity contribution in [3.63, 3.8) is 0 Å². The molecule has 3 N–H and O–H groups in total. The molecule has 3 amide bonds. The molecule has 14 heteroatoms. The van der Waals surface area contributed by atoms with Crippen LogP contribution in [0, 0.1) is 5.92 Å². The number of imide groups is 1. The molecule has 6 heterocycles. The Morgan fingerprint density at radius 1 is 0.879 bits per heavy atom. The van der Waals surface area contributed by atoms with Crippen molar-refractivity contribution in [3.8, 4) is 17.1 Å². The number of ether oxygens (including phenoxy) is 1. The maximum Gasteiger partial charge on any atom is 0.255 e. The number of carbonyl (C=O) groups is 3. The number of aromatic nitrogens is 4. The minimum absolute atomic E-state index is 0. The van der Waals surface area contributed by atoms with Crippen molar-refractivity contribution in [3.05, 3.63) is 59.9 Å². The van der Waals surface area contributed by atoms with Gasteiger partial charge in [-0.2, -0.15) is 5.10 Å². The molecule has 4 aromatic rings. The van der Waals surface area contributed by atoms with Gasteiger partial charge in [-0.15, -0.1) is 0 Å². The summed E-state index contributed by atoms with van der Waals surface area (Å²) in [5, 5.41) is 20.7. The first-order valence-electron chi connectivity index (χ1n) is 21.4. The van der Waals surface area contributed by atoms with Crippen molar-refractivity contribution in [2.24, 2.45) is 5.92 Å². The molecule has 4 aliphatic heterocycles. The molecule has 2 aromatic heterocycles. The highest BCUT2D eigenvalue weighted by molar-refractivity contribution is 6.05. The molecule has 310 valence electrons. The highest BCUT2D eigenvalue weighted by Crippen LogP contribution is 2.41. The van der Waals surface area contributed by atoms with Gasteiger partial charge in [0.1, 0.15) is 35.2 Å². The predicted octanol–water partition coefficient (Wildman–Crippen LogP) is 5.55. The van der Waals surface area contributed by atoms with Crippen molar-refractivity contribution in [2.75, 3.05) is 55.6 Å². The van der Waals surface area contributed by atoms with E-state index in [1.165, 1.54) is 38.6 Å². The van der Waals surface area contributed by atoms with Gasteiger partial charge in [-0.25, -0.2) is 9.97 Å². The van der Waals surface area contributed by atoms with E-state index in [4.69, 9.17) is 4.74 Å². The number of aliphatic hydroxyl groups is 1. The molecular formula is C44H59N9O5. The largest absolute Gasteiger partial charge is 0.488 e. The summed E-state index contributed by atoms with van der Waals surface area (Å²) in [5.41, 5.74) is 5.29. The molecule has 0 spiro atoms. The molecule has 2 aliphatic carbocycles. The van der Waals surface area contributed by atoms with Crippen LogP contribution in [0.4, 0.5) is 11.5 Å². The third-order valence-electron chi connectivity index (χ3n) is 13.0. The summed E-state index contributed by atoms with van der Waals surface area (Å²) in [6, 6.07) is 13.4. The lowest BCUT2D eigenvalue weighted by Crippen LogP contribution is -2.52. The lowest BCUT2D eigenvalue weighted by Gasteiger charge is -2.37. The number of aromatic amines is 1. The van der Waals surface area contributed by atoms with Crippen LogP contribution in [0.1, 0.15) is 96.3 Å². The number of benzene rings is 2.